The van der Waals surface area contributed by atoms with Gasteiger partial charge in [0, 0.05) is 60.1 Å². The topological polar surface area (TPSA) is 316 Å². The van der Waals surface area contributed by atoms with Crippen LogP contribution < -0.4 is 42.5 Å². The van der Waals surface area contributed by atoms with Crippen molar-refractivity contribution in [2.75, 3.05) is 58.1 Å². The van der Waals surface area contributed by atoms with Crippen LogP contribution in [0.3, 0.4) is 0 Å². The molecule has 22 nitrogen and oxygen atoms in total. The third-order valence-electron chi connectivity index (χ3n) is 10.9. The summed E-state index contributed by atoms with van der Waals surface area (Å²) in [4.78, 5) is 50.8. The van der Waals surface area contributed by atoms with Gasteiger partial charge in [-0.3, -0.25) is 18.7 Å². The van der Waals surface area contributed by atoms with Gasteiger partial charge in [-0.05, 0) is 110 Å². The van der Waals surface area contributed by atoms with Crippen LogP contribution in [-0.2, 0) is 20.2 Å². The number of hydrogen-bond acceptors (Lipinski definition) is 18. The number of benzene rings is 4. The number of unbranched alkanes of at least 4 members (excludes halogenated alkanes) is 4. The number of carbonyl (C=O) groups excluding carboxylic acids is 2. The van der Waals surface area contributed by atoms with E-state index in [2.05, 4.69) is 72.4 Å². The van der Waals surface area contributed by atoms with Crippen LogP contribution in [0.15, 0.2) is 94.7 Å². The lowest BCUT2D eigenvalue weighted by Gasteiger charge is -2.13. The van der Waals surface area contributed by atoms with Crippen molar-refractivity contribution in [2.24, 2.45) is 0 Å². The fourth-order valence-electron chi connectivity index (χ4n) is 6.90. The summed E-state index contributed by atoms with van der Waals surface area (Å²) in [5, 5.41) is 24.2. The van der Waals surface area contributed by atoms with E-state index in [0.29, 0.717) is 48.7 Å². The zero-order chi connectivity index (χ0) is 53.1. The van der Waals surface area contributed by atoms with E-state index in [4.69, 9.17) is 0 Å². The van der Waals surface area contributed by atoms with E-state index in [1.54, 1.807) is 48.5 Å². The van der Waals surface area contributed by atoms with Crippen LogP contribution in [0.4, 0.5) is 58.4 Å². The zero-order valence-corrected chi connectivity index (χ0v) is 43.2. The summed E-state index contributed by atoms with van der Waals surface area (Å²) in [6, 6.07) is 21.6. The fourth-order valence-corrected chi connectivity index (χ4v) is 8.32. The molecule has 0 fully saturated rings. The largest absolute Gasteiger partial charge is 0.354 e. The Balaban J connectivity index is 1.22. The van der Waals surface area contributed by atoms with Gasteiger partial charge in [0.05, 0.1) is 0 Å². The monoisotopic (exact) mass is 1050 g/mol. The maximum absolute atomic E-state index is 12.8. The Labute approximate surface area is 431 Å². The highest BCUT2D eigenvalue weighted by Crippen LogP contribution is 2.29. The molecule has 0 atom stereocenters. The second-order valence-corrected chi connectivity index (χ2v) is 19.6. The number of aromatic nitrogens is 6. The molecule has 2 aromatic heterocycles. The first-order valence-corrected chi connectivity index (χ1v) is 27.2. The number of hydrogen-bond donors (Lipinski definition) is 10. The highest BCUT2D eigenvalue weighted by Gasteiger charge is 2.20. The number of nitrogens with one attached hydrogen (secondary N) is 8. The molecule has 0 spiro atoms. The maximum atomic E-state index is 12.8. The van der Waals surface area contributed by atoms with E-state index < -0.39 is 30.0 Å². The Morgan fingerprint density at radius 1 is 0.432 bits per heavy atom. The first-order valence-electron chi connectivity index (χ1n) is 24.3. The normalized spacial score (nSPS) is 11.5. The zero-order valence-electron chi connectivity index (χ0n) is 41.6. The summed E-state index contributed by atoms with van der Waals surface area (Å²) in [6.45, 7) is 10.4. The van der Waals surface area contributed by atoms with Gasteiger partial charge in [-0.1, -0.05) is 77.7 Å². The van der Waals surface area contributed by atoms with Gasteiger partial charge in [-0.25, -0.2) is 0 Å². The summed E-state index contributed by atoms with van der Waals surface area (Å²) in [5.74, 6) is 0.377. The molecule has 4 aromatic carbocycles. The Bertz CT molecular complexity index is 2920. The molecule has 392 valence electrons. The molecule has 0 saturated carbocycles. The smallest absolute Gasteiger partial charge is 0.295 e. The van der Waals surface area contributed by atoms with Crippen molar-refractivity contribution in [3.05, 3.63) is 107 Å². The number of anilines is 10. The van der Waals surface area contributed by atoms with Crippen LogP contribution in [0.25, 0.3) is 12.2 Å². The summed E-state index contributed by atoms with van der Waals surface area (Å²) in [7, 11) is -9.77. The van der Waals surface area contributed by atoms with Crippen molar-refractivity contribution in [1.82, 2.24) is 40.5 Å². The molecule has 0 bridgehead atoms. The number of carbonyl (C=O) groups is 2. The minimum atomic E-state index is -4.89. The van der Waals surface area contributed by atoms with Crippen LogP contribution in [0.2, 0.25) is 0 Å². The SMILES string of the molecule is CCCCNC(=O)c1ccc(Nc2nc(NCCCC)nc(Nc3ccc(/C=C/c4ccc(Nc5nc(NCCCC)nc(Nc6ccc(C(=O)NCCCC)cc6)n5)cc4S(=O)(=O)O)c(S(=O)(=O)O)c3)n2)cc1. The first-order chi connectivity index (χ1) is 35.5. The van der Waals surface area contributed by atoms with Gasteiger partial charge in [0.2, 0.25) is 35.7 Å². The average molecular weight is 1050 g/mol. The van der Waals surface area contributed by atoms with Crippen molar-refractivity contribution in [3.63, 3.8) is 0 Å². The van der Waals surface area contributed by atoms with Gasteiger partial charge in [-0.2, -0.15) is 46.7 Å². The molecule has 0 saturated heterocycles. The van der Waals surface area contributed by atoms with E-state index in [9.17, 15) is 35.5 Å². The lowest BCUT2D eigenvalue weighted by Crippen LogP contribution is -2.24. The Morgan fingerprint density at radius 2 is 0.730 bits per heavy atom. The van der Waals surface area contributed by atoms with Crippen molar-refractivity contribution in [3.8, 4) is 0 Å². The van der Waals surface area contributed by atoms with Crippen LogP contribution in [-0.4, -0.2) is 93.8 Å². The molecule has 24 heteroatoms. The van der Waals surface area contributed by atoms with E-state index >= 15 is 0 Å². The summed E-state index contributed by atoms with van der Waals surface area (Å²) < 4.78 is 72.1. The van der Waals surface area contributed by atoms with Crippen molar-refractivity contribution < 1.29 is 35.5 Å². The molecular formula is C50H62N14O8S2. The summed E-state index contributed by atoms with van der Waals surface area (Å²) >= 11 is 0. The molecular weight excluding hydrogens is 989 g/mol. The van der Waals surface area contributed by atoms with E-state index in [1.807, 2.05) is 27.7 Å². The van der Waals surface area contributed by atoms with Crippen molar-refractivity contribution in [2.45, 2.75) is 88.9 Å². The van der Waals surface area contributed by atoms with Gasteiger partial charge in [-0.15, -0.1) is 0 Å². The molecule has 0 aliphatic heterocycles. The molecule has 2 amide bonds. The molecule has 0 radical (unpaired) electrons. The highest BCUT2D eigenvalue weighted by molar-refractivity contribution is 7.86. The van der Waals surface area contributed by atoms with Gasteiger partial charge in [0.25, 0.3) is 32.1 Å². The number of nitrogens with zero attached hydrogens (tertiary/aromatic N) is 6. The maximum Gasteiger partial charge on any atom is 0.295 e. The van der Waals surface area contributed by atoms with Gasteiger partial charge >= 0.3 is 0 Å². The van der Waals surface area contributed by atoms with Crippen molar-refractivity contribution in [1.29, 1.82) is 0 Å². The molecule has 2 heterocycles. The third kappa shape index (κ3) is 16.9. The summed E-state index contributed by atoms with van der Waals surface area (Å²) in [6.07, 6.45) is 9.68. The summed E-state index contributed by atoms with van der Waals surface area (Å²) in [5.41, 5.74) is 2.42. The minimum Gasteiger partial charge on any atom is -0.354 e. The highest BCUT2D eigenvalue weighted by atomic mass is 32.2. The second-order valence-electron chi connectivity index (χ2n) is 16.8. The Hall–Kier alpha value is -7.80. The lowest BCUT2D eigenvalue weighted by molar-refractivity contribution is 0.0945. The van der Waals surface area contributed by atoms with Gasteiger partial charge in [0.15, 0.2) is 0 Å². The lowest BCUT2D eigenvalue weighted by atomic mass is 10.1. The minimum absolute atomic E-state index is 0.0212. The molecule has 0 aliphatic rings. The van der Waals surface area contributed by atoms with Crippen LogP contribution in [0.5, 0.6) is 0 Å². The van der Waals surface area contributed by atoms with Crippen LogP contribution in [0.1, 0.15) is 111 Å². The quantitative estimate of drug-likeness (QED) is 0.0124. The molecule has 6 rings (SSSR count). The number of amides is 2. The Morgan fingerprint density at radius 3 is 1.05 bits per heavy atom. The Kier molecular flexibility index (Phi) is 20.1. The standard InChI is InChI=1S/C50H62N14O8S2/c1-5-9-27-51-43(65)35-17-21-37(22-18-35)55-47-59-45(53-29-11-7-3)61-49(63-47)57-39-25-15-33(41(31-39)73(67,68)69)13-14-34-16-26-40(32-42(34)74(70,71)72)58-50-62-46(54-30-12-8-4)60-48(64-50)56-38-23-19-36(20-24-38)44(66)52-28-10-6-2/h13-26,31-32H,5-12,27-30H2,1-4H3,(H,51,65)(H,52,66)(H,67,68,69)(H,70,71,72)(H3,53,55,57,59,61,63)(H3,54,56,58,60,62,64)/b14-13+. The van der Waals surface area contributed by atoms with Gasteiger partial charge in [0.1, 0.15) is 9.79 Å². The third-order valence-corrected chi connectivity index (χ3v) is 12.7. The van der Waals surface area contributed by atoms with E-state index in [1.165, 1.54) is 36.4 Å². The van der Waals surface area contributed by atoms with Crippen molar-refractivity contribution >= 4 is 103 Å². The average Bonchev–Trinajstić information content (AvgIpc) is 3.36. The van der Waals surface area contributed by atoms with E-state index in [-0.39, 0.29) is 70.0 Å². The van der Waals surface area contributed by atoms with Crippen LogP contribution >= 0.6 is 0 Å². The second kappa shape index (κ2) is 26.8. The first kappa shape index (κ1) is 55.5. The molecule has 74 heavy (non-hydrogen) atoms. The number of rotatable bonds is 28. The predicted octanol–water partition coefficient (Wildman–Crippen LogP) is 9.18. The molecule has 6 aromatic rings. The predicted molar refractivity (Wildman–Crippen MR) is 288 cm³/mol. The van der Waals surface area contributed by atoms with Crippen LogP contribution in [0, 0.1) is 0 Å². The van der Waals surface area contributed by atoms with E-state index in [0.717, 1.165) is 63.5 Å². The van der Waals surface area contributed by atoms with Gasteiger partial charge < -0.3 is 42.5 Å². The molecule has 0 unspecified atom stereocenters. The molecule has 10 N–H and O–H groups in total. The fraction of sp³-hybridized carbons (Fsp3) is 0.320. The molecule has 0 aliphatic carbocycles.